The minimum atomic E-state index is -0.243. The first-order chi connectivity index (χ1) is 14.2. The molecule has 2 aromatic carbocycles. The molecule has 1 saturated heterocycles. The lowest BCUT2D eigenvalue weighted by molar-refractivity contribution is 0.0986. The fourth-order valence-electron chi connectivity index (χ4n) is 3.51. The molecule has 1 amide bonds. The molecule has 6 heteroatoms. The van der Waals surface area contributed by atoms with Gasteiger partial charge in [-0.25, -0.2) is 4.79 Å². The van der Waals surface area contributed by atoms with Crippen molar-refractivity contribution in [1.29, 1.82) is 0 Å². The summed E-state index contributed by atoms with van der Waals surface area (Å²) < 4.78 is 10.6. The molecule has 29 heavy (non-hydrogen) atoms. The minimum absolute atomic E-state index is 0.243. The first kappa shape index (κ1) is 19.1. The van der Waals surface area contributed by atoms with Crippen molar-refractivity contribution in [2.45, 2.75) is 20.0 Å². The van der Waals surface area contributed by atoms with E-state index in [0.29, 0.717) is 19.7 Å². The van der Waals surface area contributed by atoms with Crippen molar-refractivity contribution in [2.24, 2.45) is 0 Å². The third-order valence-corrected chi connectivity index (χ3v) is 5.12. The summed E-state index contributed by atoms with van der Waals surface area (Å²) in [6, 6.07) is 20.0. The fraction of sp³-hybridized carbons (Fsp3) is 0.304. The summed E-state index contributed by atoms with van der Waals surface area (Å²) in [6.07, 6.45) is 0.664. The number of aromatic nitrogens is 1. The molecule has 1 aliphatic heterocycles. The Balaban J connectivity index is 1.33. The van der Waals surface area contributed by atoms with Crippen molar-refractivity contribution in [3.8, 4) is 11.3 Å². The molecule has 0 radical (unpaired) electrons. The minimum Gasteiger partial charge on any atom is -0.445 e. The number of rotatable bonds is 4. The van der Waals surface area contributed by atoms with Gasteiger partial charge in [-0.2, -0.15) is 0 Å². The van der Waals surface area contributed by atoms with Crippen LogP contribution in [0.4, 0.5) is 10.5 Å². The van der Waals surface area contributed by atoms with Crippen LogP contribution in [0.3, 0.4) is 0 Å². The maximum atomic E-state index is 12.4. The van der Waals surface area contributed by atoms with E-state index in [0.717, 1.165) is 47.8 Å². The second-order valence-electron chi connectivity index (χ2n) is 7.24. The van der Waals surface area contributed by atoms with Crippen LogP contribution in [0.5, 0.6) is 0 Å². The smallest absolute Gasteiger partial charge is 0.410 e. The van der Waals surface area contributed by atoms with E-state index in [4.69, 9.17) is 9.26 Å². The van der Waals surface area contributed by atoms with Crippen LogP contribution in [0.1, 0.15) is 17.7 Å². The number of benzene rings is 2. The van der Waals surface area contributed by atoms with Gasteiger partial charge in [0, 0.05) is 43.5 Å². The highest BCUT2D eigenvalue weighted by molar-refractivity contribution is 5.68. The predicted octanol–water partition coefficient (Wildman–Crippen LogP) is 4.50. The monoisotopic (exact) mass is 391 g/mol. The lowest BCUT2D eigenvalue weighted by atomic mass is 10.1. The molecule has 150 valence electrons. The lowest BCUT2D eigenvalue weighted by Crippen LogP contribution is -2.35. The number of ether oxygens (including phenoxy) is 1. The van der Waals surface area contributed by atoms with E-state index in [2.05, 4.69) is 34.3 Å². The molecule has 0 aliphatic carbocycles. The number of hydrogen-bond donors (Lipinski definition) is 0. The second kappa shape index (κ2) is 8.82. The Bertz CT molecular complexity index is 938. The van der Waals surface area contributed by atoms with E-state index >= 15 is 0 Å². The van der Waals surface area contributed by atoms with Gasteiger partial charge in [0.25, 0.3) is 0 Å². The molecule has 1 aromatic heterocycles. The van der Waals surface area contributed by atoms with Gasteiger partial charge in [0.15, 0.2) is 0 Å². The van der Waals surface area contributed by atoms with Crippen LogP contribution in [0.15, 0.2) is 65.2 Å². The maximum Gasteiger partial charge on any atom is 0.410 e. The van der Waals surface area contributed by atoms with E-state index in [1.807, 2.05) is 43.3 Å². The van der Waals surface area contributed by atoms with E-state index in [1.54, 1.807) is 4.90 Å². The molecule has 0 unspecified atom stereocenters. The van der Waals surface area contributed by atoms with Gasteiger partial charge in [-0.05, 0) is 31.0 Å². The highest BCUT2D eigenvalue weighted by Gasteiger charge is 2.20. The second-order valence-corrected chi connectivity index (χ2v) is 7.24. The normalized spacial score (nSPS) is 14.5. The Morgan fingerprint density at radius 1 is 1.03 bits per heavy atom. The Kier molecular flexibility index (Phi) is 5.79. The third kappa shape index (κ3) is 4.77. The quantitative estimate of drug-likeness (QED) is 0.655. The molecule has 3 aromatic rings. The lowest BCUT2D eigenvalue weighted by Gasteiger charge is -2.23. The predicted molar refractivity (Wildman–Crippen MR) is 112 cm³/mol. The summed E-state index contributed by atoms with van der Waals surface area (Å²) >= 11 is 0. The van der Waals surface area contributed by atoms with Crippen LogP contribution in [0.25, 0.3) is 11.3 Å². The van der Waals surface area contributed by atoms with Crippen LogP contribution >= 0.6 is 0 Å². The Morgan fingerprint density at radius 2 is 1.83 bits per heavy atom. The van der Waals surface area contributed by atoms with Crippen LogP contribution in [0.2, 0.25) is 0 Å². The van der Waals surface area contributed by atoms with Crippen molar-refractivity contribution in [2.75, 3.05) is 31.1 Å². The third-order valence-electron chi connectivity index (χ3n) is 5.12. The molecule has 0 N–H and O–H groups in total. The SMILES string of the molecule is Cc1cc(-c2ccc(N3CCCN(C(=O)OCc4ccccc4)CC3)cc2)no1. The fourth-order valence-corrected chi connectivity index (χ4v) is 3.51. The van der Waals surface area contributed by atoms with Crippen LogP contribution in [-0.2, 0) is 11.3 Å². The molecular formula is C23H25N3O3. The zero-order chi connectivity index (χ0) is 20.1. The molecule has 0 spiro atoms. The van der Waals surface area contributed by atoms with Crippen molar-refractivity contribution in [3.05, 3.63) is 72.0 Å². The molecule has 0 atom stereocenters. The highest BCUT2D eigenvalue weighted by Crippen LogP contribution is 2.24. The molecule has 2 heterocycles. The standard InChI is InChI=1S/C23H25N3O3/c1-18-16-22(24-29-18)20-8-10-21(11-9-20)25-12-5-13-26(15-14-25)23(27)28-17-19-6-3-2-4-7-19/h2-4,6-11,16H,5,12-15,17H2,1H3. The van der Waals surface area contributed by atoms with Gasteiger partial charge in [-0.15, -0.1) is 0 Å². The summed E-state index contributed by atoms with van der Waals surface area (Å²) in [5.41, 5.74) is 4.02. The zero-order valence-corrected chi connectivity index (χ0v) is 16.6. The Hall–Kier alpha value is -3.28. The van der Waals surface area contributed by atoms with Gasteiger partial charge in [-0.1, -0.05) is 47.6 Å². The van der Waals surface area contributed by atoms with Gasteiger partial charge < -0.3 is 19.1 Å². The van der Waals surface area contributed by atoms with Crippen LogP contribution < -0.4 is 4.90 Å². The van der Waals surface area contributed by atoms with Gasteiger partial charge in [0.05, 0.1) is 0 Å². The first-order valence-corrected chi connectivity index (χ1v) is 9.93. The average Bonchev–Trinajstić information content (AvgIpc) is 3.05. The molecule has 0 saturated carbocycles. The summed E-state index contributed by atoms with van der Waals surface area (Å²) in [7, 11) is 0. The highest BCUT2D eigenvalue weighted by atomic mass is 16.6. The number of carbonyl (C=O) groups is 1. The summed E-state index contributed by atoms with van der Waals surface area (Å²) in [4.78, 5) is 16.5. The van der Waals surface area contributed by atoms with Crippen LogP contribution in [0, 0.1) is 6.92 Å². The summed E-state index contributed by atoms with van der Waals surface area (Å²) in [5, 5.41) is 4.07. The van der Waals surface area contributed by atoms with Gasteiger partial charge in [0.1, 0.15) is 18.1 Å². The number of hydrogen-bond acceptors (Lipinski definition) is 5. The number of carbonyl (C=O) groups excluding carboxylic acids is 1. The van der Waals surface area contributed by atoms with E-state index < -0.39 is 0 Å². The number of aryl methyl sites for hydroxylation is 1. The molecule has 1 aliphatic rings. The van der Waals surface area contributed by atoms with Gasteiger partial charge in [-0.3, -0.25) is 0 Å². The van der Waals surface area contributed by atoms with Gasteiger partial charge in [0.2, 0.25) is 0 Å². The van der Waals surface area contributed by atoms with Crippen molar-refractivity contribution < 1.29 is 14.1 Å². The largest absolute Gasteiger partial charge is 0.445 e. The van der Waals surface area contributed by atoms with Crippen LogP contribution in [-0.4, -0.2) is 42.3 Å². The van der Waals surface area contributed by atoms with E-state index in [9.17, 15) is 4.79 Å². The molecule has 6 nitrogen and oxygen atoms in total. The van der Waals surface area contributed by atoms with Crippen molar-refractivity contribution >= 4 is 11.8 Å². The zero-order valence-electron chi connectivity index (χ0n) is 16.6. The number of nitrogens with zero attached hydrogens (tertiary/aromatic N) is 3. The van der Waals surface area contributed by atoms with E-state index in [-0.39, 0.29) is 6.09 Å². The topological polar surface area (TPSA) is 58.8 Å². The molecular weight excluding hydrogens is 366 g/mol. The molecule has 4 rings (SSSR count). The van der Waals surface area contributed by atoms with Crippen molar-refractivity contribution in [1.82, 2.24) is 10.1 Å². The maximum absolute atomic E-state index is 12.4. The summed E-state index contributed by atoms with van der Waals surface area (Å²) in [6.45, 7) is 5.24. The molecule has 1 fully saturated rings. The molecule has 0 bridgehead atoms. The Morgan fingerprint density at radius 3 is 2.55 bits per heavy atom. The van der Waals surface area contributed by atoms with E-state index in [1.165, 1.54) is 0 Å². The number of anilines is 1. The Labute approximate surface area is 170 Å². The van der Waals surface area contributed by atoms with Gasteiger partial charge >= 0.3 is 6.09 Å². The first-order valence-electron chi connectivity index (χ1n) is 9.93. The van der Waals surface area contributed by atoms with Crippen molar-refractivity contribution in [3.63, 3.8) is 0 Å². The average molecular weight is 391 g/mol. The number of amides is 1. The summed E-state index contributed by atoms with van der Waals surface area (Å²) in [5.74, 6) is 0.802.